The highest BCUT2D eigenvalue weighted by Crippen LogP contribution is 2.19. The Balaban J connectivity index is 2.02. The fourth-order valence-electron chi connectivity index (χ4n) is 1.96. The van der Waals surface area contributed by atoms with Crippen LogP contribution in [-0.4, -0.2) is 27.3 Å². The molecule has 0 aliphatic carbocycles. The molecule has 0 saturated carbocycles. The van der Waals surface area contributed by atoms with E-state index in [0.29, 0.717) is 12.8 Å². The van der Waals surface area contributed by atoms with Gasteiger partial charge in [0, 0.05) is 17.1 Å². The van der Waals surface area contributed by atoms with Crippen molar-refractivity contribution in [3.8, 4) is 0 Å². The average Bonchev–Trinajstić information content (AvgIpc) is 2.69. The minimum Gasteiger partial charge on any atom is -0.481 e. The van der Waals surface area contributed by atoms with E-state index in [-0.39, 0.29) is 6.42 Å². The third kappa shape index (κ3) is 2.85. The summed E-state index contributed by atoms with van der Waals surface area (Å²) in [6.45, 7) is 0. The number of aliphatic hydroxyl groups excluding tert-OH is 1. The Hall–Kier alpha value is -1.81. The Morgan fingerprint density at radius 2 is 2.12 bits per heavy atom. The molecule has 0 bridgehead atoms. The molecule has 0 aliphatic heterocycles. The SMILES string of the molecule is O=C(O)CC(O)CCc1c[nH]c2ccccc12. The maximum Gasteiger partial charge on any atom is 0.305 e. The topological polar surface area (TPSA) is 73.3 Å². The summed E-state index contributed by atoms with van der Waals surface area (Å²) in [7, 11) is 0. The first-order valence-electron chi connectivity index (χ1n) is 5.61. The second-order valence-electron chi connectivity index (χ2n) is 4.15. The molecule has 17 heavy (non-hydrogen) atoms. The minimum atomic E-state index is -0.962. The number of hydrogen-bond donors (Lipinski definition) is 3. The van der Waals surface area contributed by atoms with Gasteiger partial charge in [0.05, 0.1) is 12.5 Å². The molecule has 1 aromatic heterocycles. The maximum atomic E-state index is 10.4. The number of carboxylic acids is 1. The zero-order chi connectivity index (χ0) is 12.3. The second kappa shape index (κ2) is 5.01. The number of rotatable bonds is 5. The van der Waals surface area contributed by atoms with E-state index in [2.05, 4.69) is 4.98 Å². The smallest absolute Gasteiger partial charge is 0.305 e. The summed E-state index contributed by atoms with van der Waals surface area (Å²) in [5.74, 6) is -0.962. The number of nitrogens with one attached hydrogen (secondary N) is 1. The molecule has 2 aromatic rings. The summed E-state index contributed by atoms with van der Waals surface area (Å²) >= 11 is 0. The number of carboxylic acid groups (broad SMARTS) is 1. The highest BCUT2D eigenvalue weighted by molar-refractivity contribution is 5.83. The van der Waals surface area contributed by atoms with E-state index in [4.69, 9.17) is 5.11 Å². The predicted molar refractivity (Wildman–Crippen MR) is 64.9 cm³/mol. The molecule has 2 rings (SSSR count). The first-order valence-corrected chi connectivity index (χ1v) is 5.61. The molecule has 0 fully saturated rings. The fraction of sp³-hybridized carbons (Fsp3) is 0.308. The van der Waals surface area contributed by atoms with E-state index in [1.54, 1.807) is 0 Å². The number of benzene rings is 1. The number of H-pyrrole nitrogens is 1. The van der Waals surface area contributed by atoms with Gasteiger partial charge in [-0.2, -0.15) is 0 Å². The van der Waals surface area contributed by atoms with Crippen molar-refractivity contribution in [3.05, 3.63) is 36.0 Å². The van der Waals surface area contributed by atoms with Crippen LogP contribution in [0.2, 0.25) is 0 Å². The lowest BCUT2D eigenvalue weighted by Gasteiger charge is -2.06. The minimum absolute atomic E-state index is 0.192. The fourth-order valence-corrected chi connectivity index (χ4v) is 1.96. The van der Waals surface area contributed by atoms with Crippen LogP contribution in [0.15, 0.2) is 30.5 Å². The molecule has 0 spiro atoms. The van der Waals surface area contributed by atoms with Crippen LogP contribution < -0.4 is 0 Å². The standard InChI is InChI=1S/C13H15NO3/c15-10(7-13(16)17)6-5-9-8-14-12-4-2-1-3-11(9)12/h1-4,8,10,14-15H,5-7H2,(H,16,17). The molecule has 1 unspecified atom stereocenters. The van der Waals surface area contributed by atoms with Gasteiger partial charge in [-0.15, -0.1) is 0 Å². The third-order valence-electron chi connectivity index (χ3n) is 2.83. The van der Waals surface area contributed by atoms with E-state index < -0.39 is 12.1 Å². The number of aromatic amines is 1. The summed E-state index contributed by atoms with van der Waals surface area (Å²) in [4.78, 5) is 13.6. The van der Waals surface area contributed by atoms with Gasteiger partial charge in [-0.3, -0.25) is 4.79 Å². The van der Waals surface area contributed by atoms with Crippen molar-refractivity contribution in [1.29, 1.82) is 0 Å². The van der Waals surface area contributed by atoms with Gasteiger partial charge in [0.1, 0.15) is 0 Å². The molecule has 0 radical (unpaired) electrons. The van der Waals surface area contributed by atoms with Crippen molar-refractivity contribution >= 4 is 16.9 Å². The van der Waals surface area contributed by atoms with Gasteiger partial charge in [0.2, 0.25) is 0 Å². The van der Waals surface area contributed by atoms with Gasteiger partial charge >= 0.3 is 5.97 Å². The van der Waals surface area contributed by atoms with E-state index in [0.717, 1.165) is 16.5 Å². The summed E-state index contributed by atoms with van der Waals surface area (Å²) in [6, 6.07) is 7.94. The molecule has 90 valence electrons. The molecule has 4 nitrogen and oxygen atoms in total. The van der Waals surface area contributed by atoms with Crippen molar-refractivity contribution in [2.75, 3.05) is 0 Å². The Kier molecular flexibility index (Phi) is 3.44. The average molecular weight is 233 g/mol. The van der Waals surface area contributed by atoms with Gasteiger partial charge in [-0.25, -0.2) is 0 Å². The number of aliphatic carboxylic acids is 1. The van der Waals surface area contributed by atoms with Gasteiger partial charge < -0.3 is 15.2 Å². The van der Waals surface area contributed by atoms with Gasteiger partial charge in [-0.05, 0) is 24.5 Å². The van der Waals surface area contributed by atoms with Crippen molar-refractivity contribution in [2.45, 2.75) is 25.4 Å². The molecule has 0 aliphatic rings. The van der Waals surface area contributed by atoms with Crippen molar-refractivity contribution in [3.63, 3.8) is 0 Å². The molecule has 1 heterocycles. The lowest BCUT2D eigenvalue weighted by atomic mass is 10.0. The quantitative estimate of drug-likeness (QED) is 0.738. The van der Waals surface area contributed by atoms with Crippen LogP contribution in [0.5, 0.6) is 0 Å². The zero-order valence-electron chi connectivity index (χ0n) is 9.39. The Labute approximate surface area is 98.9 Å². The van der Waals surface area contributed by atoms with Crippen LogP contribution in [0.1, 0.15) is 18.4 Å². The lowest BCUT2D eigenvalue weighted by molar-refractivity contribution is -0.139. The van der Waals surface area contributed by atoms with Gasteiger partial charge in [0.15, 0.2) is 0 Å². The van der Waals surface area contributed by atoms with Gasteiger partial charge in [0.25, 0.3) is 0 Å². The Bertz CT molecular complexity index is 518. The Morgan fingerprint density at radius 3 is 2.88 bits per heavy atom. The molecule has 1 aromatic carbocycles. The summed E-state index contributed by atoms with van der Waals surface area (Å²) < 4.78 is 0. The molecule has 1 atom stereocenters. The van der Waals surface area contributed by atoms with Crippen molar-refractivity contribution < 1.29 is 15.0 Å². The van der Waals surface area contributed by atoms with Crippen LogP contribution in [0, 0.1) is 0 Å². The highest BCUT2D eigenvalue weighted by Gasteiger charge is 2.11. The monoisotopic (exact) mass is 233 g/mol. The van der Waals surface area contributed by atoms with Gasteiger partial charge in [-0.1, -0.05) is 18.2 Å². The van der Waals surface area contributed by atoms with Crippen LogP contribution in [-0.2, 0) is 11.2 Å². The number of aliphatic hydroxyl groups is 1. The number of carbonyl (C=O) groups is 1. The van der Waals surface area contributed by atoms with Crippen molar-refractivity contribution in [1.82, 2.24) is 4.98 Å². The first-order chi connectivity index (χ1) is 8.16. The molecule has 0 amide bonds. The van der Waals surface area contributed by atoms with Crippen LogP contribution >= 0.6 is 0 Å². The molecule has 0 saturated heterocycles. The highest BCUT2D eigenvalue weighted by atomic mass is 16.4. The first kappa shape index (κ1) is 11.7. The number of para-hydroxylation sites is 1. The number of hydrogen-bond acceptors (Lipinski definition) is 2. The number of aromatic nitrogens is 1. The zero-order valence-corrected chi connectivity index (χ0v) is 9.39. The molecular weight excluding hydrogens is 218 g/mol. The predicted octanol–water partition coefficient (Wildman–Crippen LogP) is 1.94. The molecule has 4 heteroatoms. The summed E-state index contributed by atoms with van der Waals surface area (Å²) in [6.07, 6.45) is 2.09. The van der Waals surface area contributed by atoms with E-state index in [9.17, 15) is 9.90 Å². The number of fused-ring (bicyclic) bond motifs is 1. The van der Waals surface area contributed by atoms with Crippen LogP contribution in [0.3, 0.4) is 0 Å². The summed E-state index contributed by atoms with van der Waals surface area (Å²) in [5.41, 5.74) is 2.18. The Morgan fingerprint density at radius 1 is 1.35 bits per heavy atom. The van der Waals surface area contributed by atoms with Crippen molar-refractivity contribution in [2.24, 2.45) is 0 Å². The second-order valence-corrected chi connectivity index (χ2v) is 4.15. The maximum absolute atomic E-state index is 10.4. The summed E-state index contributed by atoms with van der Waals surface area (Å²) in [5, 5.41) is 19.2. The third-order valence-corrected chi connectivity index (χ3v) is 2.83. The van der Waals surface area contributed by atoms with Crippen LogP contribution in [0.25, 0.3) is 10.9 Å². The normalized spacial score (nSPS) is 12.8. The van der Waals surface area contributed by atoms with Crippen LogP contribution in [0.4, 0.5) is 0 Å². The molecular formula is C13H15NO3. The largest absolute Gasteiger partial charge is 0.481 e. The lowest BCUT2D eigenvalue weighted by Crippen LogP contribution is -2.13. The molecule has 3 N–H and O–H groups in total. The van der Waals surface area contributed by atoms with E-state index >= 15 is 0 Å². The number of aryl methyl sites for hydroxylation is 1. The van der Waals surface area contributed by atoms with E-state index in [1.807, 2.05) is 30.5 Å². The van der Waals surface area contributed by atoms with E-state index in [1.165, 1.54) is 0 Å².